The second-order valence-corrected chi connectivity index (χ2v) is 6.61. The molecule has 0 saturated heterocycles. The van der Waals surface area contributed by atoms with Crippen LogP contribution in [0.15, 0.2) is 0 Å². The molecule has 1 unspecified atom stereocenters. The second kappa shape index (κ2) is 6.02. The average molecular weight is 269 g/mol. The van der Waals surface area contributed by atoms with Gasteiger partial charge in [-0.3, -0.25) is 0 Å². The van der Waals surface area contributed by atoms with Gasteiger partial charge in [0.15, 0.2) is 5.13 Å². The number of hydrogen-bond acceptors (Lipinski definition) is 4. The van der Waals surface area contributed by atoms with Gasteiger partial charge in [-0.1, -0.05) is 20.8 Å². The lowest BCUT2D eigenvalue weighted by atomic mass is 10.0. The Balaban J connectivity index is 3.08. The maximum absolute atomic E-state index is 5.85. The van der Waals surface area contributed by atoms with Gasteiger partial charge in [-0.15, -0.1) is 11.3 Å². The number of thiazole rings is 1. The fourth-order valence-electron chi connectivity index (χ4n) is 1.71. The summed E-state index contributed by atoms with van der Waals surface area (Å²) in [5, 5.41) is 1.10. The summed E-state index contributed by atoms with van der Waals surface area (Å²) in [4.78, 5) is 8.35. The molecule has 18 heavy (non-hydrogen) atoms. The van der Waals surface area contributed by atoms with Crippen LogP contribution in [-0.4, -0.2) is 17.6 Å². The van der Waals surface area contributed by atoms with Crippen LogP contribution in [0.25, 0.3) is 0 Å². The molecule has 3 nitrogen and oxygen atoms in total. The maximum Gasteiger partial charge on any atom is 0.186 e. The van der Waals surface area contributed by atoms with Crippen LogP contribution >= 0.6 is 11.3 Å². The highest BCUT2D eigenvalue weighted by molar-refractivity contribution is 7.15. The molecule has 0 amide bonds. The van der Waals surface area contributed by atoms with Crippen LogP contribution in [0.2, 0.25) is 0 Å². The van der Waals surface area contributed by atoms with E-state index in [1.807, 2.05) is 0 Å². The summed E-state index contributed by atoms with van der Waals surface area (Å²) >= 11 is 1.74. The van der Waals surface area contributed by atoms with Gasteiger partial charge >= 0.3 is 0 Å². The smallest absolute Gasteiger partial charge is 0.186 e. The molecular weight excluding hydrogens is 242 g/mol. The average Bonchev–Trinajstić information content (AvgIpc) is 2.80. The monoisotopic (exact) mass is 269 g/mol. The molecule has 0 radical (unpaired) electrons. The number of anilines is 1. The molecule has 104 valence electrons. The molecule has 0 fully saturated rings. The van der Waals surface area contributed by atoms with E-state index >= 15 is 0 Å². The van der Waals surface area contributed by atoms with Gasteiger partial charge < -0.3 is 10.6 Å². The normalized spacial score (nSPS) is 13.7. The van der Waals surface area contributed by atoms with Crippen LogP contribution < -0.4 is 10.6 Å². The summed E-state index contributed by atoms with van der Waals surface area (Å²) in [7, 11) is 2.13. The van der Waals surface area contributed by atoms with Crippen molar-refractivity contribution >= 4 is 16.5 Å². The minimum atomic E-state index is 0.135. The SMILES string of the molecule is CCC(C)c1nc(N(C)C(C)(C)CC)sc1CN. The molecule has 0 bridgehead atoms. The standard InChI is InChI=1S/C14H27N3S/c1-7-10(3)12-11(9-15)18-13(16-12)17(6)14(4,5)8-2/h10H,7-9,15H2,1-6H3. The van der Waals surface area contributed by atoms with Crippen molar-refractivity contribution in [3.63, 3.8) is 0 Å². The van der Waals surface area contributed by atoms with Gasteiger partial charge in [0.2, 0.25) is 0 Å². The Labute approximate surface area is 115 Å². The third kappa shape index (κ3) is 3.04. The first-order valence-electron chi connectivity index (χ1n) is 6.80. The minimum Gasteiger partial charge on any atom is -0.346 e. The van der Waals surface area contributed by atoms with Crippen molar-refractivity contribution < 1.29 is 0 Å². The Bertz CT molecular complexity index is 384. The van der Waals surface area contributed by atoms with E-state index in [2.05, 4.69) is 46.6 Å². The highest BCUT2D eigenvalue weighted by Gasteiger charge is 2.25. The van der Waals surface area contributed by atoms with E-state index in [4.69, 9.17) is 10.7 Å². The van der Waals surface area contributed by atoms with E-state index in [1.54, 1.807) is 11.3 Å². The highest BCUT2D eigenvalue weighted by atomic mass is 32.1. The zero-order chi connectivity index (χ0) is 13.9. The summed E-state index contributed by atoms with van der Waals surface area (Å²) in [6.45, 7) is 11.7. The molecule has 1 aromatic rings. The summed E-state index contributed by atoms with van der Waals surface area (Å²) in [6, 6.07) is 0. The van der Waals surface area contributed by atoms with E-state index in [0.717, 1.165) is 18.0 Å². The van der Waals surface area contributed by atoms with E-state index < -0.39 is 0 Å². The van der Waals surface area contributed by atoms with Crippen LogP contribution in [-0.2, 0) is 6.54 Å². The molecular formula is C14H27N3S. The molecule has 0 aliphatic heterocycles. The summed E-state index contributed by atoms with van der Waals surface area (Å²) < 4.78 is 0. The molecule has 0 aliphatic rings. The van der Waals surface area contributed by atoms with E-state index in [0.29, 0.717) is 12.5 Å². The van der Waals surface area contributed by atoms with Crippen molar-refractivity contribution in [2.45, 2.75) is 65.5 Å². The molecule has 4 heteroatoms. The number of nitrogens with two attached hydrogens (primary N) is 1. The van der Waals surface area contributed by atoms with E-state index in [1.165, 1.54) is 10.6 Å². The van der Waals surface area contributed by atoms with Gasteiger partial charge in [-0.2, -0.15) is 0 Å². The Kier molecular flexibility index (Phi) is 5.17. The van der Waals surface area contributed by atoms with E-state index in [9.17, 15) is 0 Å². The van der Waals surface area contributed by atoms with Gasteiger partial charge in [-0.05, 0) is 32.6 Å². The number of hydrogen-bond donors (Lipinski definition) is 1. The minimum absolute atomic E-state index is 0.135. The zero-order valence-corrected chi connectivity index (χ0v) is 13.4. The van der Waals surface area contributed by atoms with Crippen molar-refractivity contribution in [2.75, 3.05) is 11.9 Å². The Morgan fingerprint density at radius 1 is 1.39 bits per heavy atom. The Morgan fingerprint density at radius 3 is 2.44 bits per heavy atom. The molecule has 0 saturated carbocycles. The fourth-order valence-corrected chi connectivity index (χ4v) is 2.90. The largest absolute Gasteiger partial charge is 0.346 e. The number of rotatable bonds is 6. The quantitative estimate of drug-likeness (QED) is 0.855. The lowest BCUT2D eigenvalue weighted by molar-refractivity contribution is 0.469. The zero-order valence-electron chi connectivity index (χ0n) is 12.6. The van der Waals surface area contributed by atoms with Gasteiger partial charge in [-0.25, -0.2) is 4.98 Å². The Morgan fingerprint density at radius 2 is 2.00 bits per heavy atom. The number of nitrogens with zero attached hydrogens (tertiary/aromatic N) is 2. The van der Waals surface area contributed by atoms with Crippen LogP contribution in [0, 0.1) is 0 Å². The first-order valence-corrected chi connectivity index (χ1v) is 7.62. The predicted octanol–water partition coefficient (Wildman–Crippen LogP) is 3.74. The van der Waals surface area contributed by atoms with Crippen molar-refractivity contribution in [1.82, 2.24) is 4.98 Å². The van der Waals surface area contributed by atoms with Gasteiger partial charge in [0, 0.05) is 24.0 Å². The molecule has 1 aromatic heterocycles. The highest BCUT2D eigenvalue weighted by Crippen LogP contribution is 2.34. The van der Waals surface area contributed by atoms with Gasteiger partial charge in [0.1, 0.15) is 0 Å². The third-order valence-corrected chi connectivity index (χ3v) is 5.21. The van der Waals surface area contributed by atoms with Crippen LogP contribution in [0.1, 0.15) is 63.9 Å². The summed E-state index contributed by atoms with van der Waals surface area (Å²) in [5.41, 5.74) is 7.18. The lowest BCUT2D eigenvalue weighted by Crippen LogP contribution is -2.40. The molecule has 0 spiro atoms. The molecule has 0 aliphatic carbocycles. The first kappa shape index (κ1) is 15.4. The summed E-state index contributed by atoms with van der Waals surface area (Å²) in [5.74, 6) is 0.492. The number of aromatic nitrogens is 1. The molecule has 1 heterocycles. The third-order valence-electron chi connectivity index (χ3n) is 4.04. The maximum atomic E-state index is 5.85. The van der Waals surface area contributed by atoms with Crippen LogP contribution in [0.3, 0.4) is 0 Å². The predicted molar refractivity (Wildman–Crippen MR) is 81.5 cm³/mol. The molecule has 2 N–H and O–H groups in total. The topological polar surface area (TPSA) is 42.2 Å². The van der Waals surface area contributed by atoms with Crippen molar-refractivity contribution in [1.29, 1.82) is 0 Å². The van der Waals surface area contributed by atoms with Crippen molar-refractivity contribution in [3.8, 4) is 0 Å². The van der Waals surface area contributed by atoms with Crippen LogP contribution in [0.5, 0.6) is 0 Å². The first-order chi connectivity index (χ1) is 8.37. The second-order valence-electron chi connectivity index (χ2n) is 5.54. The summed E-state index contributed by atoms with van der Waals surface area (Å²) in [6.07, 6.45) is 2.21. The Hall–Kier alpha value is -0.610. The molecule has 0 aromatic carbocycles. The lowest BCUT2D eigenvalue weighted by Gasteiger charge is -2.34. The van der Waals surface area contributed by atoms with Crippen molar-refractivity contribution in [3.05, 3.63) is 10.6 Å². The van der Waals surface area contributed by atoms with E-state index in [-0.39, 0.29) is 5.54 Å². The van der Waals surface area contributed by atoms with Crippen LogP contribution in [0.4, 0.5) is 5.13 Å². The van der Waals surface area contributed by atoms with Crippen molar-refractivity contribution in [2.24, 2.45) is 5.73 Å². The van der Waals surface area contributed by atoms with Gasteiger partial charge in [0.25, 0.3) is 0 Å². The van der Waals surface area contributed by atoms with Gasteiger partial charge in [0.05, 0.1) is 5.69 Å². The fraction of sp³-hybridized carbons (Fsp3) is 0.786. The molecule has 1 rings (SSSR count). The molecule has 1 atom stereocenters.